The maximum absolute atomic E-state index is 2.41. The molecule has 0 N–H and O–H groups in total. The predicted octanol–water partition coefficient (Wildman–Crippen LogP) is 10.8. The molecule has 0 amide bonds. The minimum Gasteiger partial charge on any atom is -0.311 e. The molecule has 0 saturated heterocycles. The molecule has 0 fully saturated rings. The molecule has 0 saturated carbocycles. The SMILES string of the molecule is CC1(C)C2=C(c3ccccc31)C(C)(C)c1cc(/C=C/c3ccc(N(c4ccccc4)c4ccccc4)cc3)ccc12. The maximum atomic E-state index is 2.41. The molecular weight excluding hydrogens is 494 g/mol. The first-order chi connectivity index (χ1) is 19.9. The van der Waals surface area contributed by atoms with Gasteiger partial charge in [-0.1, -0.05) is 131 Å². The molecule has 5 aromatic rings. The standard InChI is InChI=1S/C40H35N/c1-39(2)35-18-12-11-17-33(35)37-38(39)34-26-23-29(27-36(34)40(37,3)4)20-19-28-21-24-32(25-22-28)41(30-13-7-5-8-14-30)31-15-9-6-10-16-31/h5-27H,1-4H3/b20-19+. The first-order valence-corrected chi connectivity index (χ1v) is 14.5. The van der Waals surface area contributed by atoms with Crippen LogP contribution in [-0.4, -0.2) is 0 Å². The Hall–Kier alpha value is -4.62. The molecular formula is C40H35N. The van der Waals surface area contributed by atoms with Crippen LogP contribution in [0.1, 0.15) is 61.1 Å². The van der Waals surface area contributed by atoms with Crippen molar-refractivity contribution in [1.29, 1.82) is 0 Å². The van der Waals surface area contributed by atoms with Gasteiger partial charge in [0.1, 0.15) is 0 Å². The zero-order chi connectivity index (χ0) is 28.2. The summed E-state index contributed by atoms with van der Waals surface area (Å²) < 4.78 is 0. The second-order valence-corrected chi connectivity index (χ2v) is 12.3. The highest BCUT2D eigenvalue weighted by atomic mass is 15.1. The van der Waals surface area contributed by atoms with Crippen LogP contribution >= 0.6 is 0 Å². The van der Waals surface area contributed by atoms with E-state index in [1.54, 1.807) is 0 Å². The third-order valence-corrected chi connectivity index (χ3v) is 9.00. The van der Waals surface area contributed by atoms with Crippen molar-refractivity contribution in [2.24, 2.45) is 0 Å². The third kappa shape index (κ3) is 4.07. The van der Waals surface area contributed by atoms with Crippen LogP contribution in [0.25, 0.3) is 23.3 Å². The number of rotatable bonds is 5. The van der Waals surface area contributed by atoms with Crippen molar-refractivity contribution >= 4 is 40.4 Å². The Morgan fingerprint density at radius 3 is 1.54 bits per heavy atom. The van der Waals surface area contributed by atoms with Crippen molar-refractivity contribution in [3.05, 3.63) is 161 Å². The van der Waals surface area contributed by atoms with Gasteiger partial charge in [0.05, 0.1) is 0 Å². The summed E-state index contributed by atoms with van der Waals surface area (Å²) >= 11 is 0. The molecule has 1 heteroatoms. The number of para-hydroxylation sites is 2. The average Bonchev–Trinajstić information content (AvgIpc) is 3.39. The molecule has 7 rings (SSSR count). The summed E-state index contributed by atoms with van der Waals surface area (Å²) in [6.45, 7) is 9.55. The molecule has 0 radical (unpaired) electrons. The minimum absolute atomic E-state index is 0.0148. The van der Waals surface area contributed by atoms with Gasteiger partial charge in [0.15, 0.2) is 0 Å². The summed E-state index contributed by atoms with van der Waals surface area (Å²) in [5.74, 6) is 0. The summed E-state index contributed by atoms with van der Waals surface area (Å²) in [4.78, 5) is 2.29. The van der Waals surface area contributed by atoms with E-state index in [1.807, 2.05) is 0 Å². The summed E-state index contributed by atoms with van der Waals surface area (Å²) in [5, 5.41) is 0. The number of hydrogen-bond acceptors (Lipinski definition) is 1. The molecule has 0 bridgehead atoms. The lowest BCUT2D eigenvalue weighted by molar-refractivity contribution is 0.694. The van der Waals surface area contributed by atoms with Crippen LogP contribution in [0, 0.1) is 0 Å². The number of allylic oxidation sites excluding steroid dienone is 2. The summed E-state index contributed by atoms with van der Waals surface area (Å²) in [6.07, 6.45) is 4.48. The number of fused-ring (bicyclic) bond motifs is 4. The highest BCUT2D eigenvalue weighted by Crippen LogP contribution is 2.62. The van der Waals surface area contributed by atoms with Crippen LogP contribution in [0.5, 0.6) is 0 Å². The first kappa shape index (κ1) is 25.4. The van der Waals surface area contributed by atoms with Crippen molar-refractivity contribution in [2.45, 2.75) is 38.5 Å². The third-order valence-electron chi connectivity index (χ3n) is 9.00. The van der Waals surface area contributed by atoms with E-state index >= 15 is 0 Å². The van der Waals surface area contributed by atoms with Crippen LogP contribution < -0.4 is 4.90 Å². The number of anilines is 3. The van der Waals surface area contributed by atoms with Crippen molar-refractivity contribution in [1.82, 2.24) is 0 Å². The maximum Gasteiger partial charge on any atom is 0.0462 e. The van der Waals surface area contributed by atoms with Crippen LogP contribution in [-0.2, 0) is 10.8 Å². The molecule has 200 valence electrons. The van der Waals surface area contributed by atoms with Crippen LogP contribution in [0.3, 0.4) is 0 Å². The number of hydrogen-bond donors (Lipinski definition) is 0. The molecule has 0 aromatic heterocycles. The van der Waals surface area contributed by atoms with Gasteiger partial charge in [-0.15, -0.1) is 0 Å². The summed E-state index contributed by atoms with van der Waals surface area (Å²) in [6, 6.07) is 45.9. The number of benzene rings is 5. The largest absolute Gasteiger partial charge is 0.311 e. The molecule has 0 unspecified atom stereocenters. The second kappa shape index (κ2) is 9.49. The lowest BCUT2D eigenvalue weighted by Crippen LogP contribution is -2.19. The zero-order valence-electron chi connectivity index (χ0n) is 24.2. The van der Waals surface area contributed by atoms with Crippen LogP contribution in [0.15, 0.2) is 127 Å². The van der Waals surface area contributed by atoms with Gasteiger partial charge in [-0.25, -0.2) is 0 Å². The van der Waals surface area contributed by atoms with Gasteiger partial charge < -0.3 is 4.90 Å². The predicted molar refractivity (Wildman–Crippen MR) is 176 cm³/mol. The van der Waals surface area contributed by atoms with E-state index in [0.717, 1.165) is 17.1 Å². The molecule has 41 heavy (non-hydrogen) atoms. The highest BCUT2D eigenvalue weighted by Gasteiger charge is 2.49. The normalized spacial score (nSPS) is 16.0. The second-order valence-electron chi connectivity index (χ2n) is 12.3. The Bertz CT molecular complexity index is 1760. The Kier molecular flexibility index (Phi) is 5.87. The average molecular weight is 530 g/mol. The number of nitrogens with zero attached hydrogens (tertiary/aromatic N) is 1. The molecule has 5 aromatic carbocycles. The molecule has 0 heterocycles. The lowest BCUT2D eigenvalue weighted by atomic mass is 9.75. The molecule has 0 atom stereocenters. The van der Waals surface area contributed by atoms with E-state index in [0.29, 0.717) is 0 Å². The Labute approximate surface area is 244 Å². The summed E-state index contributed by atoms with van der Waals surface area (Å²) in [5.41, 5.74) is 14.6. The topological polar surface area (TPSA) is 3.24 Å². The Morgan fingerprint density at radius 1 is 0.439 bits per heavy atom. The monoisotopic (exact) mass is 529 g/mol. The molecule has 1 nitrogen and oxygen atoms in total. The Morgan fingerprint density at radius 2 is 0.902 bits per heavy atom. The lowest BCUT2D eigenvalue weighted by Gasteiger charge is -2.28. The zero-order valence-corrected chi connectivity index (χ0v) is 24.2. The van der Waals surface area contributed by atoms with E-state index < -0.39 is 0 Å². The van der Waals surface area contributed by atoms with Gasteiger partial charge in [-0.3, -0.25) is 0 Å². The minimum atomic E-state index is -0.0294. The first-order valence-electron chi connectivity index (χ1n) is 14.5. The molecule has 2 aliphatic carbocycles. The van der Waals surface area contributed by atoms with Gasteiger partial charge >= 0.3 is 0 Å². The van der Waals surface area contributed by atoms with Gasteiger partial charge in [0.2, 0.25) is 0 Å². The molecule has 2 aliphatic rings. The van der Waals surface area contributed by atoms with Crippen LogP contribution in [0.2, 0.25) is 0 Å². The van der Waals surface area contributed by atoms with Crippen molar-refractivity contribution < 1.29 is 0 Å². The van der Waals surface area contributed by atoms with Crippen molar-refractivity contribution in [3.8, 4) is 0 Å². The van der Waals surface area contributed by atoms with Gasteiger partial charge in [-0.05, 0) is 80.9 Å². The summed E-state index contributed by atoms with van der Waals surface area (Å²) in [7, 11) is 0. The fourth-order valence-electron chi connectivity index (χ4n) is 7.01. The van der Waals surface area contributed by atoms with E-state index in [-0.39, 0.29) is 10.8 Å². The smallest absolute Gasteiger partial charge is 0.0462 e. The van der Waals surface area contributed by atoms with Crippen molar-refractivity contribution in [3.63, 3.8) is 0 Å². The highest BCUT2D eigenvalue weighted by molar-refractivity contribution is 6.09. The van der Waals surface area contributed by atoms with Crippen LogP contribution in [0.4, 0.5) is 17.1 Å². The molecule has 0 aliphatic heterocycles. The van der Waals surface area contributed by atoms with E-state index in [1.165, 1.54) is 44.5 Å². The van der Waals surface area contributed by atoms with E-state index in [2.05, 4.69) is 172 Å². The Balaban J connectivity index is 1.18. The van der Waals surface area contributed by atoms with Gasteiger partial charge in [0.25, 0.3) is 0 Å². The van der Waals surface area contributed by atoms with Gasteiger partial charge in [-0.2, -0.15) is 0 Å². The van der Waals surface area contributed by atoms with E-state index in [9.17, 15) is 0 Å². The fourth-order valence-corrected chi connectivity index (χ4v) is 7.01. The van der Waals surface area contributed by atoms with Crippen molar-refractivity contribution in [2.75, 3.05) is 4.90 Å². The van der Waals surface area contributed by atoms with E-state index in [4.69, 9.17) is 0 Å². The fraction of sp³-hybridized carbons (Fsp3) is 0.150. The quantitative estimate of drug-likeness (QED) is 0.205. The van der Waals surface area contributed by atoms with Gasteiger partial charge in [0, 0.05) is 27.9 Å². The molecule has 0 spiro atoms.